The van der Waals surface area contributed by atoms with Gasteiger partial charge in [0.15, 0.2) is 4.96 Å². The second-order valence-corrected chi connectivity index (χ2v) is 4.97. The molecular formula is C10H7ClN4O2S. The molecule has 92 valence electrons. The highest BCUT2D eigenvalue weighted by Gasteiger charge is 2.06. The van der Waals surface area contributed by atoms with E-state index in [1.807, 2.05) is 22.2 Å². The number of hydrogen-bond donors (Lipinski definition) is 1. The highest BCUT2D eigenvalue weighted by molar-refractivity contribution is 7.15. The van der Waals surface area contributed by atoms with E-state index < -0.39 is 11.2 Å². The molecule has 0 aliphatic rings. The minimum Gasteiger partial charge on any atom is -0.297 e. The first-order chi connectivity index (χ1) is 8.63. The Kier molecular flexibility index (Phi) is 2.57. The molecule has 0 bridgehead atoms. The van der Waals surface area contributed by atoms with Gasteiger partial charge in [0.25, 0.3) is 5.56 Å². The van der Waals surface area contributed by atoms with E-state index in [1.165, 1.54) is 22.1 Å². The third-order valence-electron chi connectivity index (χ3n) is 2.44. The summed E-state index contributed by atoms with van der Waals surface area (Å²) in [5.74, 6) is 0. The van der Waals surface area contributed by atoms with Gasteiger partial charge in [0.1, 0.15) is 5.02 Å². The molecule has 0 aliphatic carbocycles. The minimum absolute atomic E-state index is 0.0179. The van der Waals surface area contributed by atoms with Crippen molar-refractivity contribution in [2.24, 2.45) is 0 Å². The van der Waals surface area contributed by atoms with Gasteiger partial charge in [-0.1, -0.05) is 11.6 Å². The summed E-state index contributed by atoms with van der Waals surface area (Å²) in [7, 11) is 0. The summed E-state index contributed by atoms with van der Waals surface area (Å²) in [5.41, 5.74) is -0.350. The van der Waals surface area contributed by atoms with Crippen molar-refractivity contribution >= 4 is 27.9 Å². The molecule has 3 rings (SSSR count). The van der Waals surface area contributed by atoms with Gasteiger partial charge in [-0.05, 0) is 0 Å². The maximum absolute atomic E-state index is 11.6. The monoisotopic (exact) mass is 282 g/mol. The molecule has 3 aromatic heterocycles. The van der Waals surface area contributed by atoms with Crippen LogP contribution < -0.4 is 11.2 Å². The zero-order valence-electron chi connectivity index (χ0n) is 8.96. The molecule has 1 N–H and O–H groups in total. The summed E-state index contributed by atoms with van der Waals surface area (Å²) in [5, 5.41) is 1.91. The zero-order valence-corrected chi connectivity index (χ0v) is 10.5. The average Bonchev–Trinajstić information content (AvgIpc) is 2.86. The van der Waals surface area contributed by atoms with Crippen LogP contribution in [0.3, 0.4) is 0 Å². The predicted octanol–water partition coefficient (Wildman–Crippen LogP) is 0.947. The topological polar surface area (TPSA) is 72.2 Å². The number of nitrogens with zero attached hydrogens (tertiary/aromatic N) is 3. The van der Waals surface area contributed by atoms with Gasteiger partial charge in [0.05, 0.1) is 12.2 Å². The molecular weight excluding hydrogens is 276 g/mol. The number of aromatic nitrogens is 4. The predicted molar refractivity (Wildman–Crippen MR) is 68.5 cm³/mol. The number of imidazole rings is 1. The molecule has 3 heterocycles. The normalized spacial score (nSPS) is 11.2. The van der Waals surface area contributed by atoms with E-state index >= 15 is 0 Å². The number of rotatable bonds is 2. The fourth-order valence-electron chi connectivity index (χ4n) is 1.63. The second kappa shape index (κ2) is 4.11. The standard InChI is InChI=1S/C10H7ClN4O2S/c11-7-5-15(9(17)13-8(7)16)4-6-3-14-1-2-18-10(14)12-6/h1-3,5H,4H2,(H,13,16,17). The molecule has 0 saturated carbocycles. The highest BCUT2D eigenvalue weighted by atomic mass is 35.5. The molecule has 0 saturated heterocycles. The lowest BCUT2D eigenvalue weighted by Crippen LogP contribution is -2.30. The number of aromatic amines is 1. The van der Waals surface area contributed by atoms with Crippen molar-refractivity contribution in [1.82, 2.24) is 18.9 Å². The molecule has 0 atom stereocenters. The van der Waals surface area contributed by atoms with Crippen LogP contribution in [0.1, 0.15) is 5.69 Å². The maximum atomic E-state index is 11.6. The Morgan fingerprint density at radius 3 is 3.00 bits per heavy atom. The molecule has 0 spiro atoms. The Hall–Kier alpha value is -1.86. The van der Waals surface area contributed by atoms with Crippen molar-refractivity contribution in [2.75, 3.05) is 0 Å². The van der Waals surface area contributed by atoms with Crippen LogP contribution in [-0.2, 0) is 6.54 Å². The van der Waals surface area contributed by atoms with Crippen molar-refractivity contribution < 1.29 is 0 Å². The van der Waals surface area contributed by atoms with Crippen LogP contribution in [0.25, 0.3) is 4.96 Å². The van der Waals surface area contributed by atoms with E-state index in [9.17, 15) is 9.59 Å². The fourth-order valence-corrected chi connectivity index (χ4v) is 2.51. The molecule has 0 aliphatic heterocycles. The number of halogens is 1. The molecule has 18 heavy (non-hydrogen) atoms. The van der Waals surface area contributed by atoms with E-state index in [0.717, 1.165) is 10.7 Å². The van der Waals surface area contributed by atoms with E-state index in [-0.39, 0.29) is 11.6 Å². The average molecular weight is 283 g/mol. The van der Waals surface area contributed by atoms with Crippen LogP contribution in [0.2, 0.25) is 5.02 Å². The van der Waals surface area contributed by atoms with Crippen LogP contribution in [0.15, 0.2) is 33.6 Å². The van der Waals surface area contributed by atoms with Gasteiger partial charge < -0.3 is 0 Å². The van der Waals surface area contributed by atoms with Crippen molar-refractivity contribution in [2.45, 2.75) is 6.54 Å². The van der Waals surface area contributed by atoms with Crippen molar-refractivity contribution in [3.63, 3.8) is 0 Å². The van der Waals surface area contributed by atoms with Gasteiger partial charge in [-0.2, -0.15) is 0 Å². The Balaban J connectivity index is 2.02. The third kappa shape index (κ3) is 1.87. The number of hydrogen-bond acceptors (Lipinski definition) is 4. The summed E-state index contributed by atoms with van der Waals surface area (Å²) in [6.45, 7) is 0.268. The van der Waals surface area contributed by atoms with Gasteiger partial charge in [-0.15, -0.1) is 11.3 Å². The van der Waals surface area contributed by atoms with E-state index in [2.05, 4.69) is 9.97 Å². The maximum Gasteiger partial charge on any atom is 0.328 e. The lowest BCUT2D eigenvalue weighted by Gasteiger charge is -2.01. The number of nitrogens with one attached hydrogen (secondary N) is 1. The lowest BCUT2D eigenvalue weighted by molar-refractivity contribution is 0.709. The minimum atomic E-state index is -0.580. The molecule has 6 nitrogen and oxygen atoms in total. The van der Waals surface area contributed by atoms with Gasteiger partial charge in [0.2, 0.25) is 0 Å². The van der Waals surface area contributed by atoms with E-state index in [1.54, 1.807) is 0 Å². The van der Waals surface area contributed by atoms with Gasteiger partial charge in [0, 0.05) is 24.0 Å². The molecule has 0 aromatic carbocycles. The zero-order chi connectivity index (χ0) is 12.7. The molecule has 0 fully saturated rings. The first-order valence-corrected chi connectivity index (χ1v) is 6.29. The third-order valence-corrected chi connectivity index (χ3v) is 3.48. The number of H-pyrrole nitrogens is 1. The second-order valence-electron chi connectivity index (χ2n) is 3.69. The summed E-state index contributed by atoms with van der Waals surface area (Å²) < 4.78 is 3.19. The molecule has 3 aromatic rings. The molecule has 0 radical (unpaired) electrons. The Morgan fingerprint density at radius 2 is 2.22 bits per heavy atom. The van der Waals surface area contributed by atoms with Crippen LogP contribution in [0.4, 0.5) is 0 Å². The van der Waals surface area contributed by atoms with Crippen LogP contribution in [-0.4, -0.2) is 18.9 Å². The van der Waals surface area contributed by atoms with Crippen LogP contribution in [0.5, 0.6) is 0 Å². The Bertz CT molecular complexity index is 800. The van der Waals surface area contributed by atoms with Crippen molar-refractivity contribution in [1.29, 1.82) is 0 Å². The van der Waals surface area contributed by atoms with Crippen LogP contribution in [0, 0.1) is 0 Å². The Morgan fingerprint density at radius 1 is 1.39 bits per heavy atom. The summed E-state index contributed by atoms with van der Waals surface area (Å²) in [6, 6.07) is 0. The van der Waals surface area contributed by atoms with Gasteiger partial charge in [-0.25, -0.2) is 9.78 Å². The number of thiazole rings is 1. The van der Waals surface area contributed by atoms with Gasteiger partial charge in [-0.3, -0.25) is 18.7 Å². The summed E-state index contributed by atoms with van der Waals surface area (Å²) in [4.78, 5) is 30.0. The van der Waals surface area contributed by atoms with Crippen molar-refractivity contribution in [3.8, 4) is 0 Å². The summed E-state index contributed by atoms with van der Waals surface area (Å²) in [6.07, 6.45) is 5.03. The lowest BCUT2D eigenvalue weighted by atomic mass is 10.4. The van der Waals surface area contributed by atoms with Crippen LogP contribution >= 0.6 is 22.9 Å². The fraction of sp³-hybridized carbons (Fsp3) is 0.100. The molecule has 0 amide bonds. The quantitative estimate of drug-likeness (QED) is 0.760. The molecule has 0 unspecified atom stereocenters. The SMILES string of the molecule is O=c1[nH]c(=O)n(Cc2cn3ccsc3n2)cc1Cl. The first kappa shape index (κ1) is 11.2. The van der Waals surface area contributed by atoms with Gasteiger partial charge >= 0.3 is 5.69 Å². The van der Waals surface area contributed by atoms with E-state index in [0.29, 0.717) is 0 Å². The highest BCUT2D eigenvalue weighted by Crippen LogP contribution is 2.11. The van der Waals surface area contributed by atoms with E-state index in [4.69, 9.17) is 11.6 Å². The Labute approximate surface area is 109 Å². The smallest absolute Gasteiger partial charge is 0.297 e. The first-order valence-electron chi connectivity index (χ1n) is 5.04. The molecule has 8 heteroatoms. The number of fused-ring (bicyclic) bond motifs is 1. The largest absolute Gasteiger partial charge is 0.328 e. The summed E-state index contributed by atoms with van der Waals surface area (Å²) >= 11 is 7.19. The van der Waals surface area contributed by atoms with Crippen molar-refractivity contribution in [3.05, 3.63) is 55.5 Å².